The Morgan fingerprint density at radius 1 is 1.04 bits per heavy atom. The van der Waals surface area contributed by atoms with E-state index in [1.165, 1.54) is 0 Å². The number of ether oxygens (including phenoxy) is 2. The molecule has 0 spiro atoms. The Balaban J connectivity index is 1.35. The number of fused-ring (bicyclic) bond motifs is 1. The third-order valence-corrected chi connectivity index (χ3v) is 4.53. The van der Waals surface area contributed by atoms with Crippen molar-refractivity contribution in [3.05, 3.63) is 54.4 Å². The summed E-state index contributed by atoms with van der Waals surface area (Å²) in [5.41, 5.74) is 2.52. The normalized spacial score (nSPS) is 15.0. The highest BCUT2D eigenvalue weighted by molar-refractivity contribution is 5.71. The zero-order chi connectivity index (χ0) is 18.3. The minimum Gasteiger partial charge on any atom is -0.492 e. The van der Waals surface area contributed by atoms with Crippen molar-refractivity contribution >= 4 is 17.0 Å². The molecule has 1 aromatic carbocycles. The molecule has 1 aliphatic rings. The molecular formula is C20H23N5O2. The Morgan fingerprint density at radius 2 is 1.89 bits per heavy atom. The largest absolute Gasteiger partial charge is 0.492 e. The van der Waals surface area contributed by atoms with Crippen molar-refractivity contribution in [3.63, 3.8) is 0 Å². The number of hydrogen-bond acceptors (Lipinski definition) is 7. The summed E-state index contributed by atoms with van der Waals surface area (Å²) >= 11 is 0. The molecule has 7 nitrogen and oxygen atoms in total. The lowest BCUT2D eigenvalue weighted by molar-refractivity contribution is 0.0322. The van der Waals surface area contributed by atoms with E-state index in [4.69, 9.17) is 9.47 Å². The molecule has 0 atom stereocenters. The van der Waals surface area contributed by atoms with Crippen LogP contribution in [0.1, 0.15) is 5.56 Å². The molecule has 0 unspecified atom stereocenters. The number of benzene rings is 1. The lowest BCUT2D eigenvalue weighted by Gasteiger charge is -2.26. The summed E-state index contributed by atoms with van der Waals surface area (Å²) in [6.45, 7) is 5.78. The predicted molar refractivity (Wildman–Crippen MR) is 104 cm³/mol. The van der Waals surface area contributed by atoms with Crippen LogP contribution < -0.4 is 10.1 Å². The molecule has 0 saturated carbocycles. The number of morpholine rings is 1. The lowest BCUT2D eigenvalue weighted by Crippen LogP contribution is -2.38. The summed E-state index contributed by atoms with van der Waals surface area (Å²) in [4.78, 5) is 15.4. The van der Waals surface area contributed by atoms with Gasteiger partial charge in [0.15, 0.2) is 5.65 Å². The molecule has 0 radical (unpaired) electrons. The van der Waals surface area contributed by atoms with Gasteiger partial charge in [0.2, 0.25) is 0 Å². The first-order valence-corrected chi connectivity index (χ1v) is 9.21. The summed E-state index contributed by atoms with van der Waals surface area (Å²) in [6.07, 6.45) is 3.32. The van der Waals surface area contributed by atoms with Gasteiger partial charge in [0.05, 0.1) is 13.2 Å². The molecule has 140 valence electrons. The van der Waals surface area contributed by atoms with Crippen LogP contribution in [-0.4, -0.2) is 59.3 Å². The maximum Gasteiger partial charge on any atom is 0.180 e. The summed E-state index contributed by atoms with van der Waals surface area (Å²) < 4.78 is 11.4. The van der Waals surface area contributed by atoms with E-state index in [2.05, 4.69) is 31.2 Å². The Morgan fingerprint density at radius 3 is 2.81 bits per heavy atom. The first kappa shape index (κ1) is 17.6. The maximum atomic E-state index is 6.03. The Bertz CT molecular complexity index is 883. The van der Waals surface area contributed by atoms with Crippen molar-refractivity contribution in [1.29, 1.82) is 0 Å². The average molecular weight is 365 g/mol. The monoisotopic (exact) mass is 365 g/mol. The Kier molecular flexibility index (Phi) is 5.71. The van der Waals surface area contributed by atoms with Crippen molar-refractivity contribution < 1.29 is 9.47 Å². The number of rotatable bonds is 7. The number of para-hydroxylation sites is 1. The summed E-state index contributed by atoms with van der Waals surface area (Å²) in [7, 11) is 0. The standard InChI is InChI=1S/C20H23N5O2/c1-2-4-18(27-14-11-25-9-12-26-13-10-25)16(3-1)15-23-19-6-5-17-20(24-19)22-8-7-21-17/h1-8H,9-15H2,(H,22,23,24). The van der Waals surface area contributed by atoms with Crippen molar-refractivity contribution in [2.45, 2.75) is 6.54 Å². The molecule has 0 aliphatic carbocycles. The van der Waals surface area contributed by atoms with Gasteiger partial charge in [-0.2, -0.15) is 0 Å². The number of aromatic nitrogens is 3. The highest BCUT2D eigenvalue weighted by Gasteiger charge is 2.10. The molecule has 4 rings (SSSR count). The van der Waals surface area contributed by atoms with Gasteiger partial charge in [-0.3, -0.25) is 9.88 Å². The van der Waals surface area contributed by atoms with E-state index in [0.717, 1.165) is 55.5 Å². The minimum absolute atomic E-state index is 0.631. The Hall–Kier alpha value is -2.77. The van der Waals surface area contributed by atoms with Gasteiger partial charge in [-0.05, 0) is 18.2 Å². The van der Waals surface area contributed by atoms with Gasteiger partial charge in [0.25, 0.3) is 0 Å². The number of pyridine rings is 1. The molecule has 3 aromatic rings. The molecule has 0 bridgehead atoms. The second-order valence-corrected chi connectivity index (χ2v) is 6.36. The predicted octanol–water partition coefficient (Wildman–Crippen LogP) is 2.35. The van der Waals surface area contributed by atoms with E-state index in [1.54, 1.807) is 12.4 Å². The zero-order valence-corrected chi connectivity index (χ0v) is 15.2. The summed E-state index contributed by atoms with van der Waals surface area (Å²) in [5, 5.41) is 3.35. The molecule has 1 N–H and O–H groups in total. The molecule has 1 aliphatic heterocycles. The third kappa shape index (κ3) is 4.69. The third-order valence-electron chi connectivity index (χ3n) is 4.53. The van der Waals surface area contributed by atoms with Crippen molar-refractivity contribution in [2.75, 3.05) is 44.8 Å². The SMILES string of the molecule is c1ccc(OCCN2CCOCC2)c(CNc2ccc3nccnc3n2)c1. The average Bonchev–Trinajstić information content (AvgIpc) is 2.74. The van der Waals surface area contributed by atoms with E-state index in [-0.39, 0.29) is 0 Å². The van der Waals surface area contributed by atoms with Gasteiger partial charge < -0.3 is 14.8 Å². The molecule has 1 saturated heterocycles. The number of nitrogens with one attached hydrogen (secondary N) is 1. The van der Waals surface area contributed by atoms with Crippen LogP contribution in [0, 0.1) is 0 Å². The van der Waals surface area contributed by atoms with Crippen molar-refractivity contribution in [3.8, 4) is 5.75 Å². The Labute approximate surface area is 158 Å². The number of hydrogen-bond donors (Lipinski definition) is 1. The second kappa shape index (κ2) is 8.75. The van der Waals surface area contributed by atoms with Gasteiger partial charge >= 0.3 is 0 Å². The van der Waals surface area contributed by atoms with Crippen LogP contribution in [0.5, 0.6) is 5.75 Å². The molecule has 3 heterocycles. The van der Waals surface area contributed by atoms with Gasteiger partial charge in [0.1, 0.15) is 23.7 Å². The molecular weight excluding hydrogens is 342 g/mol. The fourth-order valence-electron chi connectivity index (χ4n) is 3.04. The van der Waals surface area contributed by atoms with Crippen LogP contribution in [0.3, 0.4) is 0 Å². The van der Waals surface area contributed by atoms with E-state index < -0.39 is 0 Å². The van der Waals surface area contributed by atoms with Crippen molar-refractivity contribution in [1.82, 2.24) is 19.9 Å². The van der Waals surface area contributed by atoms with Crippen LogP contribution in [-0.2, 0) is 11.3 Å². The summed E-state index contributed by atoms with van der Waals surface area (Å²) in [6, 6.07) is 11.9. The van der Waals surface area contributed by atoms with E-state index in [0.29, 0.717) is 18.8 Å². The van der Waals surface area contributed by atoms with Crippen LogP contribution in [0.25, 0.3) is 11.2 Å². The van der Waals surface area contributed by atoms with Gasteiger partial charge in [0, 0.05) is 44.1 Å². The topological polar surface area (TPSA) is 72.4 Å². The van der Waals surface area contributed by atoms with Gasteiger partial charge in [-0.15, -0.1) is 0 Å². The van der Waals surface area contributed by atoms with Crippen LogP contribution >= 0.6 is 0 Å². The van der Waals surface area contributed by atoms with Crippen LogP contribution in [0.2, 0.25) is 0 Å². The second-order valence-electron chi connectivity index (χ2n) is 6.36. The fraction of sp³-hybridized carbons (Fsp3) is 0.350. The fourth-order valence-corrected chi connectivity index (χ4v) is 3.04. The molecule has 27 heavy (non-hydrogen) atoms. The van der Waals surface area contributed by atoms with E-state index >= 15 is 0 Å². The number of nitrogens with zero attached hydrogens (tertiary/aromatic N) is 4. The number of anilines is 1. The highest BCUT2D eigenvalue weighted by atomic mass is 16.5. The van der Waals surface area contributed by atoms with Gasteiger partial charge in [-0.1, -0.05) is 18.2 Å². The molecule has 0 amide bonds. The smallest absolute Gasteiger partial charge is 0.180 e. The molecule has 7 heteroatoms. The maximum absolute atomic E-state index is 6.03. The van der Waals surface area contributed by atoms with Crippen molar-refractivity contribution in [2.24, 2.45) is 0 Å². The van der Waals surface area contributed by atoms with E-state index in [9.17, 15) is 0 Å². The van der Waals surface area contributed by atoms with Crippen LogP contribution in [0.15, 0.2) is 48.8 Å². The zero-order valence-electron chi connectivity index (χ0n) is 15.2. The molecule has 1 fully saturated rings. The highest BCUT2D eigenvalue weighted by Crippen LogP contribution is 2.20. The van der Waals surface area contributed by atoms with Crippen LogP contribution in [0.4, 0.5) is 5.82 Å². The molecule has 2 aromatic heterocycles. The van der Waals surface area contributed by atoms with E-state index in [1.807, 2.05) is 30.3 Å². The first-order chi connectivity index (χ1) is 13.4. The van der Waals surface area contributed by atoms with Gasteiger partial charge in [-0.25, -0.2) is 9.97 Å². The minimum atomic E-state index is 0.631. The quantitative estimate of drug-likeness (QED) is 0.689. The lowest BCUT2D eigenvalue weighted by atomic mass is 10.2. The first-order valence-electron chi connectivity index (χ1n) is 9.21. The summed E-state index contributed by atoms with van der Waals surface area (Å²) in [5.74, 6) is 1.67.